The number of para-hydroxylation sites is 1. The maximum atomic E-state index is 12.7. The second-order valence-electron chi connectivity index (χ2n) is 6.37. The first-order valence-electron chi connectivity index (χ1n) is 8.70. The minimum atomic E-state index is -0.693. The first-order chi connectivity index (χ1) is 13.1. The molecule has 0 radical (unpaired) electrons. The summed E-state index contributed by atoms with van der Waals surface area (Å²) >= 11 is 0. The molecule has 2 heterocycles. The molecule has 136 valence electrons. The van der Waals surface area contributed by atoms with Crippen molar-refractivity contribution in [1.82, 2.24) is 10.1 Å². The Bertz CT molecular complexity index is 984. The number of aromatic nitrogens is 2. The van der Waals surface area contributed by atoms with Crippen molar-refractivity contribution in [1.29, 1.82) is 0 Å². The topological polar surface area (TPSA) is 88.3 Å². The summed E-state index contributed by atoms with van der Waals surface area (Å²) in [6.07, 6.45) is 0.489. The number of aryl methyl sites for hydroxylation is 1. The molecule has 1 atom stereocenters. The van der Waals surface area contributed by atoms with E-state index in [2.05, 4.69) is 15.5 Å². The van der Waals surface area contributed by atoms with Crippen LogP contribution in [0.3, 0.4) is 0 Å². The Balaban J connectivity index is 1.48. The molecule has 1 N–H and O–H groups in total. The van der Waals surface area contributed by atoms with E-state index in [1.807, 2.05) is 36.4 Å². The fourth-order valence-electron chi connectivity index (χ4n) is 3.17. The molecule has 1 aliphatic rings. The SMILES string of the molecule is Cc1nc(-c2cccc(NC(=O)C3CCN(c4ccccc4)C3=O)c2)no1. The van der Waals surface area contributed by atoms with E-state index in [4.69, 9.17) is 4.52 Å². The molecule has 1 aromatic heterocycles. The molecule has 2 aromatic carbocycles. The van der Waals surface area contributed by atoms with E-state index in [0.29, 0.717) is 30.4 Å². The summed E-state index contributed by atoms with van der Waals surface area (Å²) in [6.45, 7) is 2.25. The second-order valence-corrected chi connectivity index (χ2v) is 6.37. The fraction of sp³-hybridized carbons (Fsp3) is 0.200. The van der Waals surface area contributed by atoms with Gasteiger partial charge in [-0.05, 0) is 30.7 Å². The van der Waals surface area contributed by atoms with E-state index in [9.17, 15) is 9.59 Å². The summed E-state index contributed by atoms with van der Waals surface area (Å²) in [4.78, 5) is 31.1. The third-order valence-corrected chi connectivity index (χ3v) is 4.51. The van der Waals surface area contributed by atoms with Crippen LogP contribution in [0.15, 0.2) is 59.1 Å². The number of nitrogens with one attached hydrogen (secondary N) is 1. The number of rotatable bonds is 4. The highest BCUT2D eigenvalue weighted by atomic mass is 16.5. The number of amides is 2. The van der Waals surface area contributed by atoms with Gasteiger partial charge in [-0.2, -0.15) is 4.98 Å². The van der Waals surface area contributed by atoms with Gasteiger partial charge in [-0.3, -0.25) is 9.59 Å². The van der Waals surface area contributed by atoms with Gasteiger partial charge >= 0.3 is 0 Å². The molecule has 1 unspecified atom stereocenters. The molecule has 3 aromatic rings. The third kappa shape index (κ3) is 3.44. The normalized spacial score (nSPS) is 16.6. The van der Waals surface area contributed by atoms with Gasteiger partial charge in [0.1, 0.15) is 5.92 Å². The van der Waals surface area contributed by atoms with Gasteiger partial charge in [-0.25, -0.2) is 0 Å². The van der Waals surface area contributed by atoms with Crippen molar-refractivity contribution in [3.8, 4) is 11.4 Å². The lowest BCUT2D eigenvalue weighted by molar-refractivity contribution is -0.129. The molecule has 1 fully saturated rings. The Hall–Kier alpha value is -3.48. The Labute approximate surface area is 156 Å². The van der Waals surface area contributed by atoms with Crippen molar-refractivity contribution < 1.29 is 14.1 Å². The first-order valence-corrected chi connectivity index (χ1v) is 8.70. The lowest BCUT2D eigenvalue weighted by Gasteiger charge is -2.16. The third-order valence-electron chi connectivity index (χ3n) is 4.51. The van der Waals surface area contributed by atoms with Crippen LogP contribution in [0.1, 0.15) is 12.3 Å². The number of hydrogen-bond donors (Lipinski definition) is 1. The van der Waals surface area contributed by atoms with Gasteiger partial charge in [0.2, 0.25) is 23.5 Å². The zero-order valence-corrected chi connectivity index (χ0v) is 14.8. The van der Waals surface area contributed by atoms with Gasteiger partial charge in [0.05, 0.1) is 0 Å². The summed E-state index contributed by atoms with van der Waals surface area (Å²) in [6, 6.07) is 16.5. The van der Waals surface area contributed by atoms with E-state index in [0.717, 1.165) is 11.3 Å². The maximum absolute atomic E-state index is 12.7. The number of carbonyl (C=O) groups is 2. The van der Waals surface area contributed by atoms with Gasteiger partial charge in [0, 0.05) is 30.4 Å². The van der Waals surface area contributed by atoms with Crippen LogP contribution < -0.4 is 10.2 Å². The molecule has 0 bridgehead atoms. The molecule has 1 aliphatic heterocycles. The van der Waals surface area contributed by atoms with Crippen LogP contribution in [0.25, 0.3) is 11.4 Å². The quantitative estimate of drug-likeness (QED) is 0.721. The zero-order chi connectivity index (χ0) is 18.8. The Morgan fingerprint density at radius 1 is 1.19 bits per heavy atom. The molecule has 0 spiro atoms. The van der Waals surface area contributed by atoms with E-state index in [1.165, 1.54) is 0 Å². The highest BCUT2D eigenvalue weighted by molar-refractivity contribution is 6.13. The molecule has 0 saturated carbocycles. The van der Waals surface area contributed by atoms with Crippen molar-refractivity contribution in [2.75, 3.05) is 16.8 Å². The number of hydrogen-bond acceptors (Lipinski definition) is 5. The lowest BCUT2D eigenvalue weighted by atomic mass is 10.1. The van der Waals surface area contributed by atoms with Crippen LogP contribution in [-0.4, -0.2) is 28.5 Å². The summed E-state index contributed by atoms with van der Waals surface area (Å²) in [5.41, 5.74) is 2.13. The summed E-state index contributed by atoms with van der Waals surface area (Å²) in [5.74, 6) is -0.252. The molecule has 7 heteroatoms. The van der Waals surface area contributed by atoms with Crippen molar-refractivity contribution in [3.05, 3.63) is 60.5 Å². The van der Waals surface area contributed by atoms with Crippen LogP contribution in [0.4, 0.5) is 11.4 Å². The average molecular weight is 362 g/mol. The molecular weight excluding hydrogens is 344 g/mol. The van der Waals surface area contributed by atoms with Crippen molar-refractivity contribution >= 4 is 23.2 Å². The van der Waals surface area contributed by atoms with Crippen molar-refractivity contribution in [2.45, 2.75) is 13.3 Å². The monoisotopic (exact) mass is 362 g/mol. The summed E-state index contributed by atoms with van der Waals surface area (Å²) < 4.78 is 4.99. The largest absolute Gasteiger partial charge is 0.339 e. The molecule has 4 rings (SSSR count). The van der Waals surface area contributed by atoms with E-state index >= 15 is 0 Å². The summed E-state index contributed by atoms with van der Waals surface area (Å²) in [7, 11) is 0. The molecule has 1 saturated heterocycles. The van der Waals surface area contributed by atoms with Crippen LogP contribution in [0.5, 0.6) is 0 Å². The predicted octanol–water partition coefficient (Wildman–Crippen LogP) is 3.04. The molecule has 0 aliphatic carbocycles. The minimum absolute atomic E-state index is 0.177. The van der Waals surface area contributed by atoms with Crippen LogP contribution >= 0.6 is 0 Å². The highest BCUT2D eigenvalue weighted by Gasteiger charge is 2.37. The summed E-state index contributed by atoms with van der Waals surface area (Å²) in [5, 5.41) is 6.71. The smallest absolute Gasteiger partial charge is 0.239 e. The average Bonchev–Trinajstić information content (AvgIpc) is 3.28. The van der Waals surface area contributed by atoms with Crippen molar-refractivity contribution in [3.63, 3.8) is 0 Å². The first kappa shape index (κ1) is 17.0. The molecular formula is C20H18N4O3. The second kappa shape index (κ2) is 7.03. The fourth-order valence-corrected chi connectivity index (χ4v) is 3.17. The van der Waals surface area contributed by atoms with E-state index in [-0.39, 0.29) is 11.8 Å². The standard InChI is InChI=1S/C20H18N4O3/c1-13-21-18(23-27-13)14-6-5-7-15(12-14)22-19(25)17-10-11-24(20(17)26)16-8-3-2-4-9-16/h2-9,12,17H,10-11H2,1H3,(H,22,25). The minimum Gasteiger partial charge on any atom is -0.339 e. The van der Waals surface area contributed by atoms with Gasteiger partial charge in [0.15, 0.2) is 0 Å². The van der Waals surface area contributed by atoms with Crippen LogP contribution in [-0.2, 0) is 9.59 Å². The lowest BCUT2D eigenvalue weighted by Crippen LogP contribution is -2.33. The molecule has 7 nitrogen and oxygen atoms in total. The van der Waals surface area contributed by atoms with Crippen molar-refractivity contribution in [2.24, 2.45) is 5.92 Å². The number of anilines is 2. The van der Waals surface area contributed by atoms with Gasteiger partial charge < -0.3 is 14.7 Å². The maximum Gasteiger partial charge on any atom is 0.239 e. The number of nitrogens with zero attached hydrogens (tertiary/aromatic N) is 3. The Morgan fingerprint density at radius 2 is 2.00 bits per heavy atom. The Kier molecular flexibility index (Phi) is 4.42. The Morgan fingerprint density at radius 3 is 2.74 bits per heavy atom. The van der Waals surface area contributed by atoms with Crippen LogP contribution in [0, 0.1) is 12.8 Å². The van der Waals surface area contributed by atoms with Crippen LogP contribution in [0.2, 0.25) is 0 Å². The molecule has 2 amide bonds. The number of carbonyl (C=O) groups excluding carboxylic acids is 2. The molecule has 27 heavy (non-hydrogen) atoms. The van der Waals surface area contributed by atoms with E-state index < -0.39 is 5.92 Å². The zero-order valence-electron chi connectivity index (χ0n) is 14.8. The predicted molar refractivity (Wildman–Crippen MR) is 100 cm³/mol. The van der Waals surface area contributed by atoms with Gasteiger partial charge in [-0.15, -0.1) is 0 Å². The highest BCUT2D eigenvalue weighted by Crippen LogP contribution is 2.27. The van der Waals surface area contributed by atoms with Gasteiger partial charge in [0.25, 0.3) is 0 Å². The number of benzene rings is 2. The van der Waals surface area contributed by atoms with Gasteiger partial charge in [-0.1, -0.05) is 35.5 Å². The van der Waals surface area contributed by atoms with E-state index in [1.54, 1.807) is 30.0 Å².